The number of hydrogen-bond donors (Lipinski definition) is 3. The second kappa shape index (κ2) is 41.3. The highest BCUT2D eigenvalue weighted by Gasteiger charge is 2.27. The molecule has 3 N–H and O–H groups in total. The van der Waals surface area contributed by atoms with E-state index in [1.807, 2.05) is 54.7 Å². The molecule has 0 aromatic rings. The second-order valence-corrected chi connectivity index (χ2v) is 15.5. The number of aliphatic hydroxyl groups excluding tert-OH is 2. The number of ether oxygens (including phenoxy) is 2. The molecule has 10 nitrogen and oxygen atoms in total. The summed E-state index contributed by atoms with van der Waals surface area (Å²) in [5, 5.41) is 18.3. The summed E-state index contributed by atoms with van der Waals surface area (Å²) in [6, 6.07) is 0. The van der Waals surface area contributed by atoms with E-state index in [2.05, 4.69) is 48.8 Å². The summed E-state index contributed by atoms with van der Waals surface area (Å²) in [5.41, 5.74) is 0. The maximum atomic E-state index is 12.5. The molecule has 0 radical (unpaired) electrons. The fourth-order valence-electron chi connectivity index (χ4n) is 5.41. The highest BCUT2D eigenvalue weighted by atomic mass is 31.2. The van der Waals surface area contributed by atoms with Gasteiger partial charge < -0.3 is 24.6 Å². The topological polar surface area (TPSA) is 149 Å². The highest BCUT2D eigenvalue weighted by molar-refractivity contribution is 7.47. The van der Waals surface area contributed by atoms with Crippen molar-refractivity contribution in [1.82, 2.24) is 0 Å². The minimum Gasteiger partial charge on any atom is -0.462 e. The Balaban J connectivity index is 4.30. The number of carbonyl (C=O) groups is 2. The summed E-state index contributed by atoms with van der Waals surface area (Å²) in [5.74, 6) is -1.02. The Kier molecular flexibility index (Phi) is 39.2. The Labute approximate surface area is 345 Å². The summed E-state index contributed by atoms with van der Waals surface area (Å²) in [4.78, 5) is 34.9. The van der Waals surface area contributed by atoms with Gasteiger partial charge in [0.1, 0.15) is 12.7 Å². The van der Waals surface area contributed by atoms with Crippen molar-refractivity contribution in [3.63, 3.8) is 0 Å². The standard InChI is InChI=1S/C46H77O10P/c1-3-5-7-9-11-13-15-17-18-19-20-21-22-23-24-26-27-29-31-33-35-37-45(49)53-41-44(42-55-57(51,52)54-40-43(48)39-47)56-46(50)38-36-34-32-30-28-25-16-14-12-10-8-6-4-2/h5-8,10-14,16,25,28,30,32,43-44,47-48H,3-4,9,15,17-24,26-27,29,31,33-42H2,1-2H3,(H,51,52)/b7-5+,8-6+,12-10+,13-11+,16-14+,28-25+,32-30+/t43-,44?/m1/s1. The number of phosphoric acid groups is 1. The van der Waals surface area contributed by atoms with Crippen molar-refractivity contribution in [1.29, 1.82) is 0 Å². The smallest absolute Gasteiger partial charge is 0.462 e. The molecule has 3 atom stereocenters. The van der Waals surface area contributed by atoms with Crippen LogP contribution in [0.15, 0.2) is 85.1 Å². The molecule has 0 saturated carbocycles. The minimum atomic E-state index is -4.64. The zero-order valence-electron chi connectivity index (χ0n) is 35.3. The zero-order chi connectivity index (χ0) is 41.9. The van der Waals surface area contributed by atoms with Crippen LogP contribution < -0.4 is 0 Å². The van der Waals surface area contributed by atoms with Gasteiger partial charge in [0.05, 0.1) is 19.8 Å². The Morgan fingerprint density at radius 1 is 0.544 bits per heavy atom. The first-order chi connectivity index (χ1) is 27.7. The molecule has 326 valence electrons. The number of phosphoric ester groups is 1. The average molecular weight is 821 g/mol. The zero-order valence-corrected chi connectivity index (χ0v) is 36.2. The largest absolute Gasteiger partial charge is 0.472 e. The Hall–Kier alpha value is -2.85. The van der Waals surface area contributed by atoms with Crippen molar-refractivity contribution in [3.05, 3.63) is 85.1 Å². The molecule has 0 aliphatic heterocycles. The fraction of sp³-hybridized carbons (Fsp3) is 0.652. The normalized spacial score (nSPS) is 14.7. The van der Waals surface area contributed by atoms with Crippen molar-refractivity contribution in [2.45, 2.75) is 167 Å². The van der Waals surface area contributed by atoms with E-state index in [-0.39, 0.29) is 19.4 Å². The summed E-state index contributed by atoms with van der Waals surface area (Å²) in [6.45, 7) is 2.03. The van der Waals surface area contributed by atoms with Gasteiger partial charge in [0, 0.05) is 12.8 Å². The molecule has 0 spiro atoms. The maximum Gasteiger partial charge on any atom is 0.472 e. The lowest BCUT2D eigenvalue weighted by Gasteiger charge is -2.20. The van der Waals surface area contributed by atoms with Gasteiger partial charge in [-0.05, 0) is 51.4 Å². The minimum absolute atomic E-state index is 0.0842. The molecular weight excluding hydrogens is 743 g/mol. The first-order valence-corrected chi connectivity index (χ1v) is 23.1. The Morgan fingerprint density at radius 2 is 1.02 bits per heavy atom. The van der Waals surface area contributed by atoms with Crippen molar-refractivity contribution >= 4 is 19.8 Å². The van der Waals surface area contributed by atoms with E-state index in [0.29, 0.717) is 19.3 Å². The van der Waals surface area contributed by atoms with Gasteiger partial charge in [0.15, 0.2) is 6.10 Å². The Morgan fingerprint density at radius 3 is 1.60 bits per heavy atom. The predicted molar refractivity (Wildman–Crippen MR) is 233 cm³/mol. The van der Waals surface area contributed by atoms with Gasteiger partial charge in [-0.25, -0.2) is 4.57 Å². The molecule has 11 heteroatoms. The van der Waals surface area contributed by atoms with Gasteiger partial charge in [-0.2, -0.15) is 0 Å². The maximum absolute atomic E-state index is 12.5. The molecule has 0 fully saturated rings. The first kappa shape index (κ1) is 54.2. The molecule has 0 heterocycles. The van der Waals surface area contributed by atoms with Crippen LogP contribution in [0.5, 0.6) is 0 Å². The molecule has 0 aromatic heterocycles. The van der Waals surface area contributed by atoms with Crippen LogP contribution in [0.1, 0.15) is 155 Å². The van der Waals surface area contributed by atoms with Gasteiger partial charge in [0.25, 0.3) is 0 Å². The van der Waals surface area contributed by atoms with E-state index in [4.69, 9.17) is 19.1 Å². The fourth-order valence-corrected chi connectivity index (χ4v) is 6.20. The van der Waals surface area contributed by atoms with Gasteiger partial charge in [-0.3, -0.25) is 18.6 Å². The number of unbranched alkanes of at least 4 members (excludes halogenated alkanes) is 15. The van der Waals surface area contributed by atoms with Crippen LogP contribution >= 0.6 is 7.82 Å². The number of hydrogen-bond acceptors (Lipinski definition) is 9. The molecule has 0 saturated heterocycles. The Bertz CT molecular complexity index is 1220. The van der Waals surface area contributed by atoms with Crippen molar-refractivity contribution in [3.8, 4) is 0 Å². The lowest BCUT2D eigenvalue weighted by atomic mass is 10.0. The third-order valence-electron chi connectivity index (χ3n) is 8.67. The summed E-state index contributed by atoms with van der Waals surface area (Å²) < 4.78 is 32.6. The van der Waals surface area contributed by atoms with Crippen LogP contribution in [-0.4, -0.2) is 65.7 Å². The summed E-state index contributed by atoms with van der Waals surface area (Å²) in [7, 11) is -4.64. The molecule has 0 rings (SSSR count). The monoisotopic (exact) mass is 821 g/mol. The summed E-state index contributed by atoms with van der Waals surface area (Å²) >= 11 is 0. The first-order valence-electron chi connectivity index (χ1n) is 21.6. The van der Waals surface area contributed by atoms with Crippen LogP contribution in [0, 0.1) is 0 Å². The predicted octanol–water partition coefficient (Wildman–Crippen LogP) is 11.4. The number of carbonyl (C=O) groups excluding carboxylic acids is 2. The second-order valence-electron chi connectivity index (χ2n) is 14.1. The number of aliphatic hydroxyl groups is 2. The number of rotatable bonds is 39. The van der Waals surface area contributed by atoms with Crippen molar-refractivity contribution < 1.29 is 47.8 Å². The van der Waals surface area contributed by atoms with Crippen LogP contribution in [0.25, 0.3) is 0 Å². The lowest BCUT2D eigenvalue weighted by molar-refractivity contribution is -0.161. The highest BCUT2D eigenvalue weighted by Crippen LogP contribution is 2.43. The van der Waals surface area contributed by atoms with E-state index in [1.54, 1.807) is 0 Å². The SMILES string of the molecule is CC/C=C/C=C/C=C/C=C/C=C/CCCC(=O)OC(COC(=O)CCCCCCCCCCCCCCCC/C=C/C/C=C/CC)COP(=O)(O)OC[C@H](O)CO. The van der Waals surface area contributed by atoms with Crippen LogP contribution in [0.3, 0.4) is 0 Å². The van der Waals surface area contributed by atoms with E-state index in [9.17, 15) is 24.2 Å². The molecule has 0 aromatic carbocycles. The van der Waals surface area contributed by atoms with Crippen molar-refractivity contribution in [2.24, 2.45) is 0 Å². The quantitative estimate of drug-likeness (QED) is 0.0180. The third kappa shape index (κ3) is 41.1. The van der Waals surface area contributed by atoms with Gasteiger partial charge >= 0.3 is 19.8 Å². The molecule has 2 unspecified atom stereocenters. The van der Waals surface area contributed by atoms with Crippen molar-refractivity contribution in [2.75, 3.05) is 26.4 Å². The van der Waals surface area contributed by atoms with E-state index in [0.717, 1.165) is 38.5 Å². The third-order valence-corrected chi connectivity index (χ3v) is 9.62. The van der Waals surface area contributed by atoms with Gasteiger partial charge in [0.2, 0.25) is 0 Å². The van der Waals surface area contributed by atoms with Crippen LogP contribution in [0.2, 0.25) is 0 Å². The number of esters is 2. The van der Waals surface area contributed by atoms with Gasteiger partial charge in [-0.1, -0.05) is 176 Å². The average Bonchev–Trinajstić information content (AvgIpc) is 3.20. The molecule has 0 amide bonds. The van der Waals surface area contributed by atoms with Crippen LogP contribution in [0.4, 0.5) is 0 Å². The molecule has 0 aliphatic carbocycles. The van der Waals surface area contributed by atoms with E-state index < -0.39 is 51.8 Å². The van der Waals surface area contributed by atoms with Crippen LogP contribution in [-0.2, 0) is 32.7 Å². The molecule has 0 aliphatic rings. The molecular formula is C46H77O10P. The lowest BCUT2D eigenvalue weighted by Crippen LogP contribution is -2.29. The number of allylic oxidation sites excluding steroid dienone is 14. The van der Waals surface area contributed by atoms with Gasteiger partial charge in [-0.15, -0.1) is 0 Å². The molecule has 0 bridgehead atoms. The van der Waals surface area contributed by atoms with E-state index in [1.165, 1.54) is 70.6 Å². The van der Waals surface area contributed by atoms with E-state index >= 15 is 0 Å². The summed E-state index contributed by atoms with van der Waals surface area (Å²) in [6.07, 6.45) is 48.6. The molecule has 57 heavy (non-hydrogen) atoms.